The molecule has 0 fully saturated rings. The van der Waals surface area contributed by atoms with Crippen molar-refractivity contribution in [3.8, 4) is 0 Å². The Kier molecular flexibility index (Phi) is 4.82. The van der Waals surface area contributed by atoms with Gasteiger partial charge in [-0.1, -0.05) is 18.2 Å². The summed E-state index contributed by atoms with van der Waals surface area (Å²) < 4.78 is 13.1. The van der Waals surface area contributed by atoms with E-state index in [1.54, 1.807) is 18.3 Å². The van der Waals surface area contributed by atoms with Gasteiger partial charge in [0.15, 0.2) is 0 Å². The van der Waals surface area contributed by atoms with Crippen LogP contribution in [0.4, 0.5) is 4.39 Å². The molecule has 20 heavy (non-hydrogen) atoms. The first-order valence-electron chi connectivity index (χ1n) is 6.52. The molecule has 1 heterocycles. The lowest BCUT2D eigenvalue weighted by molar-refractivity contribution is -0.141. The lowest BCUT2D eigenvalue weighted by Crippen LogP contribution is -2.17. The van der Waals surface area contributed by atoms with Crippen molar-refractivity contribution in [1.29, 1.82) is 0 Å². The van der Waals surface area contributed by atoms with Gasteiger partial charge in [0, 0.05) is 11.9 Å². The summed E-state index contributed by atoms with van der Waals surface area (Å²) in [7, 11) is 0. The van der Waals surface area contributed by atoms with Gasteiger partial charge in [0.25, 0.3) is 0 Å². The van der Waals surface area contributed by atoms with E-state index in [-0.39, 0.29) is 5.82 Å². The number of hydrogen-bond acceptors (Lipinski definition) is 2. The molecule has 0 aliphatic carbocycles. The average molecular weight is 273 g/mol. The summed E-state index contributed by atoms with van der Waals surface area (Å²) in [6.07, 6.45) is 3.12. The minimum atomic E-state index is -0.856. The van der Waals surface area contributed by atoms with Crippen molar-refractivity contribution in [1.82, 2.24) is 4.98 Å². The first kappa shape index (κ1) is 14.2. The van der Waals surface area contributed by atoms with Crippen LogP contribution in [0, 0.1) is 11.7 Å². The number of pyridine rings is 1. The number of aromatic nitrogens is 1. The van der Waals surface area contributed by atoms with Crippen molar-refractivity contribution in [3.05, 3.63) is 65.7 Å². The van der Waals surface area contributed by atoms with E-state index in [9.17, 15) is 14.3 Å². The van der Waals surface area contributed by atoms with Gasteiger partial charge in [-0.25, -0.2) is 4.39 Å². The Morgan fingerprint density at radius 2 is 2.10 bits per heavy atom. The highest BCUT2D eigenvalue weighted by Gasteiger charge is 2.18. The molecule has 2 aromatic rings. The van der Waals surface area contributed by atoms with E-state index in [0.717, 1.165) is 5.69 Å². The van der Waals surface area contributed by atoms with Crippen LogP contribution in [-0.4, -0.2) is 16.1 Å². The van der Waals surface area contributed by atoms with Gasteiger partial charge in [0.05, 0.1) is 5.92 Å². The Labute approximate surface area is 117 Å². The largest absolute Gasteiger partial charge is 0.481 e. The number of carbonyl (C=O) groups is 1. The molecule has 0 radical (unpaired) electrons. The first-order valence-corrected chi connectivity index (χ1v) is 6.52. The highest BCUT2D eigenvalue weighted by Crippen LogP contribution is 2.16. The molecular formula is C16H16FNO2. The van der Waals surface area contributed by atoms with Crippen molar-refractivity contribution in [2.24, 2.45) is 5.92 Å². The summed E-state index contributed by atoms with van der Waals surface area (Å²) in [6.45, 7) is 0. The van der Waals surface area contributed by atoms with Crippen LogP contribution in [0.1, 0.15) is 17.7 Å². The number of aliphatic carboxylic acids is 1. The van der Waals surface area contributed by atoms with E-state index < -0.39 is 11.9 Å². The molecule has 0 aliphatic rings. The first-order chi connectivity index (χ1) is 9.65. The van der Waals surface area contributed by atoms with Crippen LogP contribution in [0.5, 0.6) is 0 Å². The van der Waals surface area contributed by atoms with E-state index in [4.69, 9.17) is 0 Å². The molecule has 0 spiro atoms. The predicted octanol–water partition coefficient (Wildman–Crippen LogP) is 3.10. The van der Waals surface area contributed by atoms with Crippen molar-refractivity contribution in [2.45, 2.75) is 19.3 Å². The van der Waals surface area contributed by atoms with Gasteiger partial charge in [0.2, 0.25) is 0 Å². The van der Waals surface area contributed by atoms with Crippen LogP contribution in [0.3, 0.4) is 0 Å². The molecule has 0 amide bonds. The Morgan fingerprint density at radius 3 is 2.75 bits per heavy atom. The van der Waals surface area contributed by atoms with E-state index in [0.29, 0.717) is 24.8 Å². The molecule has 104 valence electrons. The molecule has 1 atom stereocenters. The summed E-state index contributed by atoms with van der Waals surface area (Å²) >= 11 is 0. The minimum Gasteiger partial charge on any atom is -0.481 e. The fourth-order valence-corrected chi connectivity index (χ4v) is 2.13. The highest BCUT2D eigenvalue weighted by molar-refractivity contribution is 5.70. The fraction of sp³-hybridized carbons (Fsp3) is 0.250. The molecule has 2 rings (SSSR count). The zero-order chi connectivity index (χ0) is 14.4. The summed E-state index contributed by atoms with van der Waals surface area (Å²) in [5.74, 6) is -1.72. The Hall–Kier alpha value is -2.23. The van der Waals surface area contributed by atoms with Gasteiger partial charge in [-0.2, -0.15) is 0 Å². The van der Waals surface area contributed by atoms with Crippen LogP contribution in [-0.2, 0) is 17.6 Å². The summed E-state index contributed by atoms with van der Waals surface area (Å²) in [6, 6.07) is 11.7. The van der Waals surface area contributed by atoms with Crippen LogP contribution in [0.25, 0.3) is 0 Å². The predicted molar refractivity (Wildman–Crippen MR) is 73.8 cm³/mol. The normalized spacial score (nSPS) is 12.1. The number of carboxylic acid groups (broad SMARTS) is 1. The molecule has 3 nitrogen and oxygen atoms in total. The summed E-state index contributed by atoms with van der Waals surface area (Å²) in [4.78, 5) is 15.5. The Morgan fingerprint density at radius 1 is 1.25 bits per heavy atom. The van der Waals surface area contributed by atoms with Gasteiger partial charge >= 0.3 is 5.97 Å². The zero-order valence-electron chi connectivity index (χ0n) is 11.0. The number of halogens is 1. The third-order valence-corrected chi connectivity index (χ3v) is 3.20. The molecule has 0 saturated carbocycles. The minimum absolute atomic E-state index is 0.333. The molecule has 1 unspecified atom stereocenters. The smallest absolute Gasteiger partial charge is 0.306 e. The summed E-state index contributed by atoms with van der Waals surface area (Å²) in [5.41, 5.74) is 1.58. The van der Waals surface area contributed by atoms with Gasteiger partial charge in [-0.3, -0.25) is 9.78 Å². The van der Waals surface area contributed by atoms with Crippen LogP contribution < -0.4 is 0 Å². The lowest BCUT2D eigenvalue weighted by Gasteiger charge is -2.12. The van der Waals surface area contributed by atoms with Crippen molar-refractivity contribution in [3.63, 3.8) is 0 Å². The lowest BCUT2D eigenvalue weighted by atomic mass is 9.94. The molecule has 4 heteroatoms. The molecule has 1 aromatic heterocycles. The highest BCUT2D eigenvalue weighted by atomic mass is 19.1. The molecule has 1 aromatic carbocycles. The van der Waals surface area contributed by atoms with Gasteiger partial charge < -0.3 is 5.11 Å². The second-order valence-electron chi connectivity index (χ2n) is 4.73. The maximum absolute atomic E-state index is 13.1. The molecule has 0 bridgehead atoms. The van der Waals surface area contributed by atoms with Crippen molar-refractivity contribution < 1.29 is 14.3 Å². The number of benzene rings is 1. The van der Waals surface area contributed by atoms with Gasteiger partial charge in [-0.05, 0) is 49.1 Å². The van der Waals surface area contributed by atoms with Crippen LogP contribution >= 0.6 is 0 Å². The topological polar surface area (TPSA) is 50.2 Å². The molecule has 1 N–H and O–H groups in total. The second-order valence-corrected chi connectivity index (χ2v) is 4.73. The third-order valence-electron chi connectivity index (χ3n) is 3.20. The van der Waals surface area contributed by atoms with Crippen LogP contribution in [0.15, 0.2) is 48.7 Å². The second kappa shape index (κ2) is 6.80. The SMILES string of the molecule is O=C(O)C(CCc1ccccn1)Cc1cccc(F)c1. The Bertz CT molecular complexity index is 572. The average Bonchev–Trinajstić information content (AvgIpc) is 2.44. The van der Waals surface area contributed by atoms with E-state index >= 15 is 0 Å². The Balaban J connectivity index is 1.99. The van der Waals surface area contributed by atoms with Crippen molar-refractivity contribution >= 4 is 5.97 Å². The fourth-order valence-electron chi connectivity index (χ4n) is 2.13. The van der Waals surface area contributed by atoms with Crippen molar-refractivity contribution in [2.75, 3.05) is 0 Å². The maximum Gasteiger partial charge on any atom is 0.306 e. The molecule has 0 saturated heterocycles. The number of hydrogen-bond donors (Lipinski definition) is 1. The number of nitrogens with zero attached hydrogens (tertiary/aromatic N) is 1. The number of aryl methyl sites for hydroxylation is 1. The monoisotopic (exact) mass is 273 g/mol. The van der Waals surface area contributed by atoms with Crippen LogP contribution in [0.2, 0.25) is 0 Å². The van der Waals surface area contributed by atoms with E-state index in [1.807, 2.05) is 18.2 Å². The van der Waals surface area contributed by atoms with Gasteiger partial charge in [-0.15, -0.1) is 0 Å². The van der Waals surface area contributed by atoms with E-state index in [2.05, 4.69) is 4.98 Å². The third kappa shape index (κ3) is 4.16. The molecular weight excluding hydrogens is 257 g/mol. The van der Waals surface area contributed by atoms with Gasteiger partial charge in [0.1, 0.15) is 5.82 Å². The zero-order valence-corrected chi connectivity index (χ0v) is 11.0. The standard InChI is InChI=1S/C16H16FNO2/c17-14-5-3-4-12(11-14)10-13(16(19)20)7-8-15-6-1-2-9-18-15/h1-6,9,11,13H,7-8,10H2,(H,19,20). The maximum atomic E-state index is 13.1. The number of rotatable bonds is 6. The summed E-state index contributed by atoms with van der Waals surface area (Å²) in [5, 5.41) is 9.27. The molecule has 0 aliphatic heterocycles. The van der Waals surface area contributed by atoms with E-state index in [1.165, 1.54) is 12.1 Å². The number of carboxylic acids is 1. The quantitative estimate of drug-likeness (QED) is 0.879.